The van der Waals surface area contributed by atoms with Gasteiger partial charge in [0.25, 0.3) is 0 Å². The van der Waals surface area contributed by atoms with Gasteiger partial charge < -0.3 is 5.32 Å². The Morgan fingerprint density at radius 2 is 2.19 bits per heavy atom. The van der Waals surface area contributed by atoms with Crippen molar-refractivity contribution >= 4 is 0 Å². The van der Waals surface area contributed by atoms with Crippen molar-refractivity contribution in [3.8, 4) is 0 Å². The van der Waals surface area contributed by atoms with Gasteiger partial charge in [0, 0.05) is 25.2 Å². The van der Waals surface area contributed by atoms with Crippen LogP contribution in [0.15, 0.2) is 36.7 Å². The molecular formula is C17H24FN3. The molecular weight excluding hydrogens is 265 g/mol. The second-order valence-corrected chi connectivity index (χ2v) is 5.36. The Morgan fingerprint density at radius 3 is 2.86 bits per heavy atom. The van der Waals surface area contributed by atoms with Gasteiger partial charge in [-0.15, -0.1) is 0 Å². The average molecular weight is 289 g/mol. The predicted octanol–water partition coefficient (Wildman–Crippen LogP) is 3.37. The van der Waals surface area contributed by atoms with Crippen LogP contribution in [-0.4, -0.2) is 22.9 Å². The van der Waals surface area contributed by atoms with E-state index in [-0.39, 0.29) is 11.7 Å². The van der Waals surface area contributed by atoms with Crippen LogP contribution in [0.3, 0.4) is 0 Å². The first kappa shape index (κ1) is 15.7. The molecule has 0 amide bonds. The van der Waals surface area contributed by atoms with Crippen molar-refractivity contribution in [2.45, 2.75) is 39.2 Å². The summed E-state index contributed by atoms with van der Waals surface area (Å²) in [5.41, 5.74) is 2.24. The van der Waals surface area contributed by atoms with Gasteiger partial charge in [-0.05, 0) is 49.6 Å². The Bertz CT molecular complexity index is 550. The second-order valence-electron chi connectivity index (χ2n) is 5.36. The molecule has 0 aliphatic rings. The number of aromatic nitrogens is 2. The monoisotopic (exact) mass is 289 g/mol. The van der Waals surface area contributed by atoms with Crippen molar-refractivity contribution in [1.29, 1.82) is 0 Å². The van der Waals surface area contributed by atoms with Crippen LogP contribution in [0.2, 0.25) is 0 Å². The number of aryl methyl sites for hydroxylation is 1. The largest absolute Gasteiger partial charge is 0.316 e. The Balaban J connectivity index is 2.11. The van der Waals surface area contributed by atoms with E-state index >= 15 is 0 Å². The lowest BCUT2D eigenvalue weighted by Gasteiger charge is -2.17. The molecule has 0 fully saturated rings. The van der Waals surface area contributed by atoms with Crippen LogP contribution in [-0.2, 0) is 13.0 Å². The molecule has 0 spiro atoms. The van der Waals surface area contributed by atoms with Gasteiger partial charge in [-0.1, -0.05) is 19.1 Å². The van der Waals surface area contributed by atoms with Crippen LogP contribution in [0.25, 0.3) is 0 Å². The first-order chi connectivity index (χ1) is 10.2. The fraction of sp³-hybridized carbons (Fsp3) is 0.471. The number of hydrogen-bond acceptors (Lipinski definition) is 2. The molecule has 1 unspecified atom stereocenters. The minimum absolute atomic E-state index is 0.169. The fourth-order valence-electron chi connectivity index (χ4n) is 2.49. The average Bonchev–Trinajstić information content (AvgIpc) is 2.94. The van der Waals surface area contributed by atoms with Crippen molar-refractivity contribution in [1.82, 2.24) is 15.1 Å². The Labute approximate surface area is 126 Å². The quantitative estimate of drug-likeness (QED) is 0.755. The van der Waals surface area contributed by atoms with E-state index in [1.165, 1.54) is 11.6 Å². The van der Waals surface area contributed by atoms with Gasteiger partial charge in [0.15, 0.2) is 0 Å². The minimum Gasteiger partial charge on any atom is -0.316 e. The van der Waals surface area contributed by atoms with Crippen molar-refractivity contribution in [3.63, 3.8) is 0 Å². The molecule has 0 bridgehead atoms. The van der Waals surface area contributed by atoms with E-state index in [1.54, 1.807) is 12.1 Å². The Morgan fingerprint density at radius 1 is 1.33 bits per heavy atom. The van der Waals surface area contributed by atoms with E-state index in [0.717, 1.165) is 38.0 Å². The highest BCUT2D eigenvalue weighted by molar-refractivity contribution is 5.23. The zero-order chi connectivity index (χ0) is 15.1. The summed E-state index contributed by atoms with van der Waals surface area (Å²) in [7, 11) is 0. The van der Waals surface area contributed by atoms with Gasteiger partial charge >= 0.3 is 0 Å². The zero-order valence-corrected chi connectivity index (χ0v) is 12.8. The summed E-state index contributed by atoms with van der Waals surface area (Å²) in [6.45, 7) is 6.94. The molecule has 0 aliphatic heterocycles. The topological polar surface area (TPSA) is 29.9 Å². The van der Waals surface area contributed by atoms with Crippen molar-refractivity contribution in [3.05, 3.63) is 53.6 Å². The van der Waals surface area contributed by atoms with Gasteiger partial charge in [-0.2, -0.15) is 5.10 Å². The molecule has 1 atom stereocenters. The molecule has 1 heterocycles. The van der Waals surface area contributed by atoms with Gasteiger partial charge in [0.2, 0.25) is 0 Å². The number of nitrogens with zero attached hydrogens (tertiary/aromatic N) is 2. The lowest BCUT2D eigenvalue weighted by molar-refractivity contribution is 0.568. The maximum atomic E-state index is 13.5. The van der Waals surface area contributed by atoms with E-state index < -0.39 is 0 Å². The van der Waals surface area contributed by atoms with Crippen LogP contribution in [0, 0.1) is 5.82 Å². The van der Waals surface area contributed by atoms with E-state index in [0.29, 0.717) is 0 Å². The van der Waals surface area contributed by atoms with Gasteiger partial charge in [-0.3, -0.25) is 4.68 Å². The summed E-state index contributed by atoms with van der Waals surface area (Å²) in [5.74, 6) is 0.0963. The molecule has 21 heavy (non-hydrogen) atoms. The Kier molecular flexibility index (Phi) is 5.93. The van der Waals surface area contributed by atoms with Crippen LogP contribution < -0.4 is 5.32 Å². The highest BCUT2D eigenvalue weighted by Gasteiger charge is 2.14. The summed E-state index contributed by atoms with van der Waals surface area (Å²) < 4.78 is 15.4. The summed E-state index contributed by atoms with van der Waals surface area (Å²) in [6.07, 6.45) is 5.96. The van der Waals surface area contributed by atoms with Gasteiger partial charge in [0.05, 0.1) is 6.20 Å². The molecule has 0 saturated heterocycles. The van der Waals surface area contributed by atoms with Crippen LogP contribution >= 0.6 is 0 Å². The molecule has 4 heteroatoms. The Hall–Kier alpha value is -1.68. The SMILES string of the molecule is CCCNCC(Cc1cnn(CC)c1)c1cccc(F)c1. The lowest BCUT2D eigenvalue weighted by Crippen LogP contribution is -2.23. The van der Waals surface area contributed by atoms with Crippen molar-refractivity contribution < 1.29 is 4.39 Å². The van der Waals surface area contributed by atoms with E-state index in [2.05, 4.69) is 30.5 Å². The van der Waals surface area contributed by atoms with Crippen LogP contribution in [0.4, 0.5) is 4.39 Å². The van der Waals surface area contributed by atoms with Gasteiger partial charge in [-0.25, -0.2) is 4.39 Å². The molecule has 3 nitrogen and oxygen atoms in total. The molecule has 1 aromatic heterocycles. The maximum Gasteiger partial charge on any atom is 0.123 e. The first-order valence-corrected chi connectivity index (χ1v) is 7.70. The highest BCUT2D eigenvalue weighted by Crippen LogP contribution is 2.21. The zero-order valence-electron chi connectivity index (χ0n) is 12.8. The molecule has 114 valence electrons. The number of nitrogens with one attached hydrogen (secondary N) is 1. The van der Waals surface area contributed by atoms with E-state index in [1.807, 2.05) is 16.9 Å². The molecule has 0 saturated carbocycles. The maximum absolute atomic E-state index is 13.5. The van der Waals surface area contributed by atoms with Crippen molar-refractivity contribution in [2.24, 2.45) is 0 Å². The second kappa shape index (κ2) is 7.93. The van der Waals surface area contributed by atoms with E-state index in [4.69, 9.17) is 0 Å². The highest BCUT2D eigenvalue weighted by atomic mass is 19.1. The fourth-order valence-corrected chi connectivity index (χ4v) is 2.49. The third kappa shape index (κ3) is 4.67. The van der Waals surface area contributed by atoms with Crippen LogP contribution in [0.5, 0.6) is 0 Å². The molecule has 2 rings (SSSR count). The normalized spacial score (nSPS) is 12.5. The van der Waals surface area contributed by atoms with E-state index in [9.17, 15) is 4.39 Å². The molecule has 0 aliphatic carbocycles. The molecule has 0 radical (unpaired) electrons. The standard InChI is InChI=1S/C17H24FN3/c1-3-8-19-12-16(15-6-5-7-17(18)10-15)9-14-11-20-21(4-2)13-14/h5-7,10-11,13,16,19H,3-4,8-9,12H2,1-2H3. The molecule has 1 aromatic carbocycles. The third-order valence-electron chi connectivity index (χ3n) is 3.63. The smallest absolute Gasteiger partial charge is 0.123 e. The van der Waals surface area contributed by atoms with Gasteiger partial charge in [0.1, 0.15) is 5.82 Å². The molecule has 2 aromatic rings. The first-order valence-electron chi connectivity index (χ1n) is 7.70. The summed E-state index contributed by atoms with van der Waals surface area (Å²) in [4.78, 5) is 0. The minimum atomic E-state index is -0.169. The van der Waals surface area contributed by atoms with Crippen molar-refractivity contribution in [2.75, 3.05) is 13.1 Å². The summed E-state index contributed by atoms with van der Waals surface area (Å²) >= 11 is 0. The molecule has 1 N–H and O–H groups in total. The number of benzene rings is 1. The third-order valence-corrected chi connectivity index (χ3v) is 3.63. The lowest BCUT2D eigenvalue weighted by atomic mass is 9.93. The van der Waals surface area contributed by atoms with Crippen LogP contribution in [0.1, 0.15) is 37.3 Å². The summed E-state index contributed by atoms with van der Waals surface area (Å²) in [5, 5.41) is 7.76. The summed E-state index contributed by atoms with van der Waals surface area (Å²) in [6, 6.07) is 6.93. The number of halogens is 1. The number of hydrogen-bond donors (Lipinski definition) is 1. The predicted molar refractivity (Wildman–Crippen MR) is 83.9 cm³/mol. The number of rotatable bonds is 8.